The van der Waals surface area contributed by atoms with Crippen LogP contribution in [0.5, 0.6) is 0 Å². The van der Waals surface area contributed by atoms with Crippen molar-refractivity contribution in [2.24, 2.45) is 11.8 Å². The van der Waals surface area contributed by atoms with Crippen molar-refractivity contribution in [2.75, 3.05) is 26.2 Å². The van der Waals surface area contributed by atoms with E-state index in [0.29, 0.717) is 4.88 Å². The van der Waals surface area contributed by atoms with Crippen LogP contribution in [-0.4, -0.2) is 60.3 Å². The van der Waals surface area contributed by atoms with Gasteiger partial charge in [-0.05, 0) is 11.4 Å². The molecular weight excluding hydrogens is 363 g/mol. The lowest BCUT2D eigenvalue weighted by atomic mass is 9.96. The summed E-state index contributed by atoms with van der Waals surface area (Å²) >= 11 is 1.25. The van der Waals surface area contributed by atoms with Gasteiger partial charge in [0.15, 0.2) is 0 Å². The molecule has 2 heterocycles. The molecule has 11 heteroatoms. The summed E-state index contributed by atoms with van der Waals surface area (Å²) < 4.78 is 38.6. The highest BCUT2D eigenvalue weighted by Gasteiger charge is 2.53. The second kappa shape index (κ2) is 7.72. The molecule has 0 aliphatic carbocycles. The molecule has 0 unspecified atom stereocenters. The van der Waals surface area contributed by atoms with E-state index in [4.69, 9.17) is 5.11 Å². The molecule has 3 amide bonds. The molecule has 0 spiro atoms. The van der Waals surface area contributed by atoms with Crippen LogP contribution in [0.1, 0.15) is 9.67 Å². The summed E-state index contributed by atoms with van der Waals surface area (Å²) in [6, 6.07) is 2.56. The van der Waals surface area contributed by atoms with Gasteiger partial charge in [-0.15, -0.1) is 11.3 Å². The summed E-state index contributed by atoms with van der Waals surface area (Å²) in [5.74, 6) is -5.66. The minimum Gasteiger partial charge on any atom is -0.481 e. The maximum Gasteiger partial charge on any atom is 0.394 e. The molecule has 25 heavy (non-hydrogen) atoms. The van der Waals surface area contributed by atoms with Gasteiger partial charge in [0, 0.05) is 26.2 Å². The third-order valence-electron chi connectivity index (χ3n) is 3.78. The summed E-state index contributed by atoms with van der Waals surface area (Å²) in [6.45, 7) is -1.09. The van der Waals surface area contributed by atoms with E-state index in [-0.39, 0.29) is 19.0 Å². The number of carboxylic acid groups (broad SMARTS) is 1. The van der Waals surface area contributed by atoms with Gasteiger partial charge in [-0.3, -0.25) is 9.59 Å². The summed E-state index contributed by atoms with van der Waals surface area (Å²) in [5, 5.41) is 15.6. The first-order chi connectivity index (χ1) is 11.7. The van der Waals surface area contributed by atoms with Gasteiger partial charge >= 0.3 is 18.2 Å². The Morgan fingerprint density at radius 1 is 1.24 bits per heavy atom. The van der Waals surface area contributed by atoms with E-state index < -0.39 is 43.1 Å². The number of aliphatic carboxylic acids is 1. The second-order valence-electron chi connectivity index (χ2n) is 5.46. The van der Waals surface area contributed by atoms with Crippen LogP contribution in [0.25, 0.3) is 0 Å². The predicted molar refractivity (Wildman–Crippen MR) is 82.3 cm³/mol. The van der Waals surface area contributed by atoms with Gasteiger partial charge in [0.05, 0.1) is 16.7 Å². The first-order valence-electron chi connectivity index (χ1n) is 7.34. The van der Waals surface area contributed by atoms with Gasteiger partial charge in [0.2, 0.25) is 0 Å². The highest BCUT2D eigenvalue weighted by molar-refractivity contribution is 7.12. The van der Waals surface area contributed by atoms with Crippen LogP contribution in [-0.2, 0) is 4.79 Å². The Labute approximate surface area is 144 Å². The number of thiophene rings is 1. The number of carboxylic acids is 1. The van der Waals surface area contributed by atoms with Crippen LogP contribution < -0.4 is 10.6 Å². The predicted octanol–water partition coefficient (Wildman–Crippen LogP) is 1.38. The lowest BCUT2D eigenvalue weighted by Crippen LogP contribution is -2.42. The van der Waals surface area contributed by atoms with Gasteiger partial charge in [-0.1, -0.05) is 6.07 Å². The third-order valence-corrected chi connectivity index (χ3v) is 4.65. The zero-order chi connectivity index (χ0) is 18.6. The van der Waals surface area contributed by atoms with Crippen LogP contribution in [0, 0.1) is 11.8 Å². The Morgan fingerprint density at radius 2 is 1.92 bits per heavy atom. The van der Waals surface area contributed by atoms with Crippen molar-refractivity contribution >= 4 is 29.2 Å². The summed E-state index contributed by atoms with van der Waals surface area (Å²) in [4.78, 5) is 35.9. The van der Waals surface area contributed by atoms with Crippen molar-refractivity contribution in [3.05, 3.63) is 22.4 Å². The van der Waals surface area contributed by atoms with E-state index in [9.17, 15) is 27.6 Å². The molecule has 1 aromatic heterocycles. The minimum atomic E-state index is -4.69. The monoisotopic (exact) mass is 379 g/mol. The average Bonchev–Trinajstić information content (AvgIpc) is 3.19. The fourth-order valence-corrected chi connectivity index (χ4v) is 3.14. The Morgan fingerprint density at radius 3 is 2.44 bits per heavy atom. The summed E-state index contributed by atoms with van der Waals surface area (Å²) in [5.41, 5.74) is 0. The maximum atomic E-state index is 12.9. The van der Waals surface area contributed by atoms with Crippen molar-refractivity contribution in [3.8, 4) is 0 Å². The van der Waals surface area contributed by atoms with Crippen molar-refractivity contribution in [1.29, 1.82) is 0 Å². The Balaban J connectivity index is 1.79. The fraction of sp³-hybridized carbons (Fsp3) is 0.500. The molecular formula is C14H16F3N3O4S. The number of nitrogens with zero attached hydrogens (tertiary/aromatic N) is 1. The second-order valence-corrected chi connectivity index (χ2v) is 6.41. The molecule has 138 valence electrons. The van der Waals surface area contributed by atoms with Crippen molar-refractivity contribution in [2.45, 2.75) is 6.18 Å². The topological polar surface area (TPSA) is 98.7 Å². The number of carbonyl (C=O) groups is 3. The highest BCUT2D eigenvalue weighted by Crippen LogP contribution is 2.37. The molecule has 2 rings (SSSR count). The molecule has 7 nitrogen and oxygen atoms in total. The number of halogens is 3. The van der Waals surface area contributed by atoms with Crippen LogP contribution in [0.3, 0.4) is 0 Å². The maximum absolute atomic E-state index is 12.9. The summed E-state index contributed by atoms with van der Waals surface area (Å²) in [6.07, 6.45) is -4.69. The third kappa shape index (κ3) is 4.84. The zero-order valence-electron chi connectivity index (χ0n) is 12.9. The average molecular weight is 379 g/mol. The minimum absolute atomic E-state index is 0.0148. The molecule has 1 aliphatic rings. The number of rotatable bonds is 5. The quantitative estimate of drug-likeness (QED) is 0.673. The number of urea groups is 1. The molecule has 0 bridgehead atoms. The van der Waals surface area contributed by atoms with E-state index in [1.54, 1.807) is 17.5 Å². The lowest BCUT2D eigenvalue weighted by Gasteiger charge is -2.18. The number of carbonyl (C=O) groups excluding carboxylic acids is 2. The molecule has 3 N–H and O–H groups in total. The Hall–Kier alpha value is -2.30. The standard InChI is InChI=1S/C14H16F3N3O4S/c15-14(16,17)9-7-20(6-8(9)12(22)23)13(24)19-4-3-18-11(21)10-2-1-5-25-10/h1-2,5,8-9H,3-4,6-7H2,(H,18,21)(H,19,24)(H,22,23)/t8-,9-/m1/s1. The molecule has 0 aromatic carbocycles. The van der Waals surface area contributed by atoms with Gasteiger partial charge in [0.25, 0.3) is 5.91 Å². The zero-order valence-corrected chi connectivity index (χ0v) is 13.7. The van der Waals surface area contributed by atoms with E-state index in [2.05, 4.69) is 10.6 Å². The van der Waals surface area contributed by atoms with Gasteiger partial charge in [-0.25, -0.2) is 4.79 Å². The number of alkyl halides is 3. The molecule has 1 aliphatic heterocycles. The highest BCUT2D eigenvalue weighted by atomic mass is 32.1. The number of likely N-dealkylation sites (tertiary alicyclic amines) is 1. The molecule has 2 atom stereocenters. The smallest absolute Gasteiger partial charge is 0.394 e. The number of nitrogens with one attached hydrogen (secondary N) is 2. The number of hydrogen-bond acceptors (Lipinski definition) is 4. The normalized spacial score (nSPS) is 20.4. The van der Waals surface area contributed by atoms with E-state index >= 15 is 0 Å². The Bertz CT molecular complexity index is 636. The van der Waals surface area contributed by atoms with Gasteiger partial charge < -0.3 is 20.6 Å². The fourth-order valence-electron chi connectivity index (χ4n) is 2.50. The van der Waals surface area contributed by atoms with E-state index in [0.717, 1.165) is 4.90 Å². The summed E-state index contributed by atoms with van der Waals surface area (Å²) in [7, 11) is 0. The van der Waals surface area contributed by atoms with Crippen LogP contribution in [0.15, 0.2) is 17.5 Å². The number of amides is 3. The molecule has 0 radical (unpaired) electrons. The van der Waals surface area contributed by atoms with Crippen LogP contribution in [0.4, 0.5) is 18.0 Å². The lowest BCUT2D eigenvalue weighted by molar-refractivity contribution is -0.187. The van der Waals surface area contributed by atoms with E-state index in [1.807, 2.05) is 0 Å². The largest absolute Gasteiger partial charge is 0.481 e. The van der Waals surface area contributed by atoms with Crippen molar-refractivity contribution in [3.63, 3.8) is 0 Å². The molecule has 0 saturated carbocycles. The Kier molecular flexibility index (Phi) is 5.88. The van der Waals surface area contributed by atoms with Crippen LogP contribution >= 0.6 is 11.3 Å². The molecule has 1 saturated heterocycles. The van der Waals surface area contributed by atoms with Crippen molar-refractivity contribution in [1.82, 2.24) is 15.5 Å². The van der Waals surface area contributed by atoms with E-state index in [1.165, 1.54) is 11.3 Å². The SMILES string of the molecule is O=C(NCCNC(=O)N1C[C@@H](C(F)(F)F)[C@H](C(=O)O)C1)c1cccs1. The first kappa shape index (κ1) is 19.0. The van der Waals surface area contributed by atoms with Gasteiger partial charge in [0.1, 0.15) is 0 Å². The number of hydrogen-bond donors (Lipinski definition) is 3. The van der Waals surface area contributed by atoms with Crippen molar-refractivity contribution < 1.29 is 32.7 Å². The molecule has 1 fully saturated rings. The first-order valence-corrected chi connectivity index (χ1v) is 8.22. The van der Waals surface area contributed by atoms with Crippen LogP contribution in [0.2, 0.25) is 0 Å². The molecule has 1 aromatic rings. The van der Waals surface area contributed by atoms with Gasteiger partial charge in [-0.2, -0.15) is 13.2 Å².